The normalized spacial score (nSPS) is 15.6. The molecule has 0 bridgehead atoms. The number of hydrogen-bond donors (Lipinski definition) is 1. The van der Waals surface area contributed by atoms with Crippen LogP contribution in [0.3, 0.4) is 0 Å². The summed E-state index contributed by atoms with van der Waals surface area (Å²) < 4.78 is 2.01. The zero-order chi connectivity index (χ0) is 11.3. The molecule has 0 radical (unpaired) electrons. The van der Waals surface area contributed by atoms with Crippen molar-refractivity contribution < 1.29 is 9.90 Å². The van der Waals surface area contributed by atoms with Crippen molar-refractivity contribution >= 4 is 28.6 Å². The number of benzene rings is 1. The van der Waals surface area contributed by atoms with Crippen LogP contribution in [-0.4, -0.2) is 20.6 Å². The number of aromatic nitrogens is 2. The van der Waals surface area contributed by atoms with Crippen LogP contribution >= 0.6 is 11.6 Å². The lowest BCUT2D eigenvalue weighted by Crippen LogP contribution is -1.98. The van der Waals surface area contributed by atoms with Crippen LogP contribution in [0.25, 0.3) is 11.0 Å². The van der Waals surface area contributed by atoms with Gasteiger partial charge in [-0.1, -0.05) is 11.6 Å². The molecule has 0 aliphatic heterocycles. The van der Waals surface area contributed by atoms with Crippen LogP contribution in [0.5, 0.6) is 0 Å². The summed E-state index contributed by atoms with van der Waals surface area (Å²) in [7, 11) is 0. The molecule has 0 unspecified atom stereocenters. The Morgan fingerprint density at radius 1 is 1.50 bits per heavy atom. The Kier molecular flexibility index (Phi) is 1.94. The highest BCUT2D eigenvalue weighted by Crippen LogP contribution is 2.38. The first kappa shape index (κ1) is 9.66. The Morgan fingerprint density at radius 2 is 2.25 bits per heavy atom. The molecule has 1 heterocycles. The standard InChI is InChI=1S/C11H9ClN2O2/c12-6-3-8(11(15)16)10-9(4-6)14(5-13-10)7-1-2-7/h3-5,7H,1-2H2,(H,15,16). The molecule has 82 valence electrons. The summed E-state index contributed by atoms with van der Waals surface area (Å²) in [4.78, 5) is 15.2. The third-order valence-electron chi connectivity index (χ3n) is 2.81. The van der Waals surface area contributed by atoms with E-state index in [4.69, 9.17) is 16.7 Å². The monoisotopic (exact) mass is 236 g/mol. The van der Waals surface area contributed by atoms with Gasteiger partial charge in [-0.25, -0.2) is 9.78 Å². The molecule has 1 aromatic heterocycles. The van der Waals surface area contributed by atoms with Gasteiger partial charge < -0.3 is 9.67 Å². The van der Waals surface area contributed by atoms with Gasteiger partial charge in [0.05, 0.1) is 17.4 Å². The molecule has 0 saturated heterocycles. The van der Waals surface area contributed by atoms with Crippen molar-refractivity contribution in [3.05, 3.63) is 29.0 Å². The van der Waals surface area contributed by atoms with E-state index in [1.807, 2.05) is 4.57 Å². The minimum absolute atomic E-state index is 0.168. The maximum absolute atomic E-state index is 11.1. The number of hydrogen-bond acceptors (Lipinski definition) is 2. The van der Waals surface area contributed by atoms with Gasteiger partial charge in [0.15, 0.2) is 0 Å². The van der Waals surface area contributed by atoms with Crippen LogP contribution in [0.4, 0.5) is 0 Å². The number of fused-ring (bicyclic) bond motifs is 1. The van der Waals surface area contributed by atoms with E-state index in [1.54, 1.807) is 12.4 Å². The van der Waals surface area contributed by atoms with E-state index in [0.717, 1.165) is 18.4 Å². The SMILES string of the molecule is O=C(O)c1cc(Cl)cc2c1ncn2C1CC1. The van der Waals surface area contributed by atoms with Crippen LogP contribution in [0, 0.1) is 0 Å². The van der Waals surface area contributed by atoms with Crippen LogP contribution < -0.4 is 0 Å². The average molecular weight is 237 g/mol. The van der Waals surface area contributed by atoms with Gasteiger partial charge in [-0.05, 0) is 25.0 Å². The summed E-state index contributed by atoms with van der Waals surface area (Å²) >= 11 is 5.92. The number of carboxylic acid groups (broad SMARTS) is 1. The quantitative estimate of drug-likeness (QED) is 0.872. The van der Waals surface area contributed by atoms with Gasteiger partial charge in [-0.3, -0.25) is 0 Å². The fourth-order valence-corrected chi connectivity index (χ4v) is 2.12. The van der Waals surface area contributed by atoms with E-state index in [1.165, 1.54) is 6.07 Å². The number of carbonyl (C=O) groups is 1. The topological polar surface area (TPSA) is 55.1 Å². The van der Waals surface area contributed by atoms with Gasteiger partial charge in [0.1, 0.15) is 5.52 Å². The molecule has 3 rings (SSSR count). The Labute approximate surface area is 96.5 Å². The van der Waals surface area contributed by atoms with E-state index in [-0.39, 0.29) is 5.56 Å². The van der Waals surface area contributed by atoms with E-state index < -0.39 is 5.97 Å². The maximum atomic E-state index is 11.1. The second-order valence-corrected chi connectivity index (χ2v) is 4.45. The van der Waals surface area contributed by atoms with Crippen molar-refractivity contribution in [1.29, 1.82) is 0 Å². The molecule has 1 aliphatic carbocycles. The Bertz CT molecular complexity index is 587. The summed E-state index contributed by atoms with van der Waals surface area (Å²) in [6.07, 6.45) is 3.95. The second kappa shape index (κ2) is 3.22. The summed E-state index contributed by atoms with van der Waals surface area (Å²) in [6.45, 7) is 0. The van der Waals surface area contributed by atoms with Gasteiger partial charge in [0.25, 0.3) is 0 Å². The lowest BCUT2D eigenvalue weighted by Gasteiger charge is -2.02. The van der Waals surface area contributed by atoms with Crippen molar-refractivity contribution in [2.24, 2.45) is 0 Å². The van der Waals surface area contributed by atoms with Crippen molar-refractivity contribution in [3.63, 3.8) is 0 Å². The second-order valence-electron chi connectivity index (χ2n) is 4.01. The lowest BCUT2D eigenvalue weighted by atomic mass is 10.2. The predicted octanol–water partition coefficient (Wildman–Crippen LogP) is 2.72. The maximum Gasteiger partial charge on any atom is 0.338 e. The Morgan fingerprint density at radius 3 is 2.88 bits per heavy atom. The molecule has 1 saturated carbocycles. The molecule has 4 nitrogen and oxygen atoms in total. The van der Waals surface area contributed by atoms with Gasteiger partial charge in [-0.15, -0.1) is 0 Å². The number of nitrogens with zero attached hydrogens (tertiary/aromatic N) is 2. The van der Waals surface area contributed by atoms with Crippen molar-refractivity contribution in [2.45, 2.75) is 18.9 Å². The smallest absolute Gasteiger partial charge is 0.338 e. The molecule has 0 atom stereocenters. The number of rotatable bonds is 2. The highest BCUT2D eigenvalue weighted by molar-refractivity contribution is 6.31. The van der Waals surface area contributed by atoms with Crippen molar-refractivity contribution in [3.8, 4) is 0 Å². The molecule has 0 amide bonds. The van der Waals surface area contributed by atoms with E-state index in [0.29, 0.717) is 16.6 Å². The summed E-state index contributed by atoms with van der Waals surface area (Å²) in [5, 5.41) is 9.50. The zero-order valence-electron chi connectivity index (χ0n) is 8.35. The summed E-state index contributed by atoms with van der Waals surface area (Å²) in [6, 6.07) is 3.68. The molecule has 1 aliphatic rings. The van der Waals surface area contributed by atoms with Gasteiger partial charge in [0.2, 0.25) is 0 Å². The molecule has 0 spiro atoms. The predicted molar refractivity (Wildman–Crippen MR) is 60.0 cm³/mol. The highest BCUT2D eigenvalue weighted by atomic mass is 35.5. The van der Waals surface area contributed by atoms with Crippen LogP contribution in [0.15, 0.2) is 18.5 Å². The number of halogens is 1. The molecule has 2 aromatic rings. The van der Waals surface area contributed by atoms with Gasteiger partial charge in [0, 0.05) is 11.1 Å². The lowest BCUT2D eigenvalue weighted by molar-refractivity contribution is 0.0699. The van der Waals surface area contributed by atoms with Crippen LogP contribution in [0.1, 0.15) is 29.2 Å². The molecule has 1 fully saturated rings. The highest BCUT2D eigenvalue weighted by Gasteiger charge is 2.26. The molecule has 16 heavy (non-hydrogen) atoms. The fourth-order valence-electron chi connectivity index (χ4n) is 1.91. The van der Waals surface area contributed by atoms with Gasteiger partial charge in [-0.2, -0.15) is 0 Å². The number of aromatic carboxylic acids is 1. The van der Waals surface area contributed by atoms with Crippen molar-refractivity contribution in [2.75, 3.05) is 0 Å². The van der Waals surface area contributed by atoms with E-state index >= 15 is 0 Å². The molecule has 5 heteroatoms. The van der Waals surface area contributed by atoms with E-state index in [9.17, 15) is 4.79 Å². The zero-order valence-corrected chi connectivity index (χ0v) is 9.11. The number of imidazole rings is 1. The third-order valence-corrected chi connectivity index (χ3v) is 3.03. The largest absolute Gasteiger partial charge is 0.478 e. The average Bonchev–Trinajstić information content (AvgIpc) is 2.98. The summed E-state index contributed by atoms with van der Waals surface area (Å²) in [5.74, 6) is -0.992. The minimum atomic E-state index is -0.992. The van der Waals surface area contributed by atoms with Crippen molar-refractivity contribution in [1.82, 2.24) is 9.55 Å². The molecule has 1 N–H and O–H groups in total. The molecular weight excluding hydrogens is 228 g/mol. The molecular formula is C11H9ClN2O2. The van der Waals surface area contributed by atoms with E-state index in [2.05, 4.69) is 4.98 Å². The Hall–Kier alpha value is -1.55. The first-order chi connectivity index (χ1) is 7.66. The third kappa shape index (κ3) is 1.38. The first-order valence-electron chi connectivity index (χ1n) is 5.06. The minimum Gasteiger partial charge on any atom is -0.478 e. The molecule has 1 aromatic carbocycles. The van der Waals surface area contributed by atoms with Gasteiger partial charge >= 0.3 is 5.97 Å². The summed E-state index contributed by atoms with van der Waals surface area (Å²) in [5.41, 5.74) is 1.50. The number of carboxylic acids is 1. The van der Waals surface area contributed by atoms with Crippen LogP contribution in [0.2, 0.25) is 5.02 Å². The fraction of sp³-hybridized carbons (Fsp3) is 0.273. The Balaban J connectivity index is 2.31. The van der Waals surface area contributed by atoms with Crippen LogP contribution in [-0.2, 0) is 0 Å². The first-order valence-corrected chi connectivity index (χ1v) is 5.44.